The van der Waals surface area contributed by atoms with Gasteiger partial charge in [0.05, 0.1) is 12.1 Å². The number of carbonyl (C=O) groups excluding carboxylic acids is 1. The predicted octanol–water partition coefficient (Wildman–Crippen LogP) is 5.22. The number of nitrogens with one attached hydrogen (secondary N) is 1. The fraction of sp³-hybridized carbons (Fsp3) is 0.238. The van der Waals surface area contributed by atoms with Crippen LogP contribution in [0.25, 0.3) is 11.3 Å². The SMILES string of the molecule is Cc1ccc(CC(=O)Nc2nc(-c3ccc(C)c(C)c3)cs2)cc1C. The highest BCUT2D eigenvalue weighted by molar-refractivity contribution is 7.14. The van der Waals surface area contributed by atoms with E-state index in [0.29, 0.717) is 11.6 Å². The van der Waals surface area contributed by atoms with Gasteiger partial charge >= 0.3 is 0 Å². The molecule has 0 aliphatic heterocycles. The molecule has 0 unspecified atom stereocenters. The summed E-state index contributed by atoms with van der Waals surface area (Å²) < 4.78 is 0. The van der Waals surface area contributed by atoms with Crippen LogP contribution in [0, 0.1) is 27.7 Å². The van der Waals surface area contributed by atoms with Crippen LogP contribution in [0.2, 0.25) is 0 Å². The van der Waals surface area contributed by atoms with E-state index in [0.717, 1.165) is 16.8 Å². The Hall–Kier alpha value is -2.46. The van der Waals surface area contributed by atoms with Crippen LogP contribution in [0.1, 0.15) is 27.8 Å². The molecule has 0 aliphatic carbocycles. The molecule has 0 spiro atoms. The van der Waals surface area contributed by atoms with Gasteiger partial charge in [-0.2, -0.15) is 0 Å². The van der Waals surface area contributed by atoms with Crippen molar-refractivity contribution < 1.29 is 4.79 Å². The zero-order chi connectivity index (χ0) is 18.0. The summed E-state index contributed by atoms with van der Waals surface area (Å²) in [6.45, 7) is 8.33. The lowest BCUT2D eigenvalue weighted by atomic mass is 10.0. The molecular weight excluding hydrogens is 328 g/mol. The van der Waals surface area contributed by atoms with Crippen molar-refractivity contribution in [3.05, 3.63) is 69.6 Å². The van der Waals surface area contributed by atoms with E-state index >= 15 is 0 Å². The van der Waals surface area contributed by atoms with Crippen molar-refractivity contribution >= 4 is 22.4 Å². The van der Waals surface area contributed by atoms with Crippen molar-refractivity contribution in [1.82, 2.24) is 4.98 Å². The van der Waals surface area contributed by atoms with Gasteiger partial charge in [0.25, 0.3) is 0 Å². The molecule has 0 radical (unpaired) electrons. The largest absolute Gasteiger partial charge is 0.302 e. The van der Waals surface area contributed by atoms with Crippen LogP contribution in [0.4, 0.5) is 5.13 Å². The van der Waals surface area contributed by atoms with Crippen LogP contribution < -0.4 is 5.32 Å². The molecule has 3 nitrogen and oxygen atoms in total. The van der Waals surface area contributed by atoms with E-state index in [1.165, 1.54) is 33.6 Å². The lowest BCUT2D eigenvalue weighted by Gasteiger charge is -2.05. The van der Waals surface area contributed by atoms with Gasteiger partial charge < -0.3 is 5.32 Å². The number of rotatable bonds is 4. The van der Waals surface area contributed by atoms with Crippen molar-refractivity contribution in [1.29, 1.82) is 0 Å². The molecule has 1 amide bonds. The van der Waals surface area contributed by atoms with Gasteiger partial charge in [0.2, 0.25) is 5.91 Å². The first kappa shape index (κ1) is 17.4. The monoisotopic (exact) mass is 350 g/mol. The fourth-order valence-corrected chi connectivity index (χ4v) is 3.36. The summed E-state index contributed by atoms with van der Waals surface area (Å²) in [4.78, 5) is 16.8. The van der Waals surface area contributed by atoms with Gasteiger partial charge in [-0.05, 0) is 61.6 Å². The molecule has 0 fully saturated rings. The Kier molecular flexibility index (Phi) is 5.00. The Labute approximate surface area is 152 Å². The number of hydrogen-bond acceptors (Lipinski definition) is 3. The maximum Gasteiger partial charge on any atom is 0.230 e. The standard InChI is InChI=1S/C21H22N2OS/c1-13-5-7-17(9-15(13)3)11-20(24)23-21-22-19(12-25-21)18-8-6-14(2)16(4)10-18/h5-10,12H,11H2,1-4H3,(H,22,23,24). The maximum absolute atomic E-state index is 12.3. The number of aromatic nitrogens is 1. The third kappa shape index (κ3) is 4.15. The van der Waals surface area contributed by atoms with Gasteiger partial charge in [-0.15, -0.1) is 11.3 Å². The number of carbonyl (C=O) groups is 1. The Bertz CT molecular complexity index is 927. The minimum absolute atomic E-state index is 0.0377. The molecule has 1 N–H and O–H groups in total. The van der Waals surface area contributed by atoms with Gasteiger partial charge in [0.15, 0.2) is 5.13 Å². The fourth-order valence-electron chi connectivity index (χ4n) is 2.63. The summed E-state index contributed by atoms with van der Waals surface area (Å²) in [7, 11) is 0. The molecule has 2 aromatic carbocycles. The Balaban J connectivity index is 1.69. The first-order valence-corrected chi connectivity index (χ1v) is 9.19. The van der Waals surface area contributed by atoms with E-state index < -0.39 is 0 Å². The van der Waals surface area contributed by atoms with Crippen molar-refractivity contribution in [2.24, 2.45) is 0 Å². The first-order valence-electron chi connectivity index (χ1n) is 8.31. The molecule has 0 saturated heterocycles. The summed E-state index contributed by atoms with van der Waals surface area (Å²) >= 11 is 1.46. The molecular formula is C21H22N2OS. The highest BCUT2D eigenvalue weighted by Gasteiger charge is 2.10. The highest BCUT2D eigenvalue weighted by Crippen LogP contribution is 2.26. The second-order valence-electron chi connectivity index (χ2n) is 6.48. The van der Waals surface area contributed by atoms with Gasteiger partial charge in [-0.3, -0.25) is 4.79 Å². The molecule has 3 rings (SSSR count). The number of hydrogen-bond donors (Lipinski definition) is 1. The first-order chi connectivity index (χ1) is 11.9. The molecule has 0 saturated carbocycles. The summed E-state index contributed by atoms with van der Waals surface area (Å²) in [6, 6.07) is 12.4. The van der Waals surface area contributed by atoms with Crippen LogP contribution >= 0.6 is 11.3 Å². The van der Waals surface area contributed by atoms with Crippen molar-refractivity contribution in [3.63, 3.8) is 0 Å². The summed E-state index contributed by atoms with van der Waals surface area (Å²) in [5.74, 6) is -0.0377. The predicted molar refractivity (Wildman–Crippen MR) is 105 cm³/mol. The van der Waals surface area contributed by atoms with E-state index in [2.05, 4.69) is 68.3 Å². The van der Waals surface area contributed by atoms with Gasteiger partial charge in [-0.25, -0.2) is 4.98 Å². The van der Waals surface area contributed by atoms with Crippen molar-refractivity contribution in [2.75, 3.05) is 5.32 Å². The third-order valence-corrected chi connectivity index (χ3v) is 5.25. The minimum atomic E-state index is -0.0377. The number of benzene rings is 2. The summed E-state index contributed by atoms with van der Waals surface area (Å²) in [5.41, 5.74) is 7.94. The van der Waals surface area contributed by atoms with Crippen molar-refractivity contribution in [2.45, 2.75) is 34.1 Å². The molecule has 0 atom stereocenters. The number of aryl methyl sites for hydroxylation is 4. The Morgan fingerprint density at radius 3 is 2.32 bits per heavy atom. The highest BCUT2D eigenvalue weighted by atomic mass is 32.1. The molecule has 1 heterocycles. The molecule has 0 aliphatic rings. The smallest absolute Gasteiger partial charge is 0.230 e. The van der Waals surface area contributed by atoms with Crippen LogP contribution in [0.15, 0.2) is 41.8 Å². The lowest BCUT2D eigenvalue weighted by molar-refractivity contribution is -0.115. The zero-order valence-electron chi connectivity index (χ0n) is 15.0. The second kappa shape index (κ2) is 7.19. The van der Waals surface area contributed by atoms with Crippen LogP contribution in [-0.2, 0) is 11.2 Å². The van der Waals surface area contributed by atoms with E-state index in [1.807, 2.05) is 11.4 Å². The summed E-state index contributed by atoms with van der Waals surface area (Å²) in [5, 5.41) is 5.53. The molecule has 4 heteroatoms. The molecule has 25 heavy (non-hydrogen) atoms. The van der Waals surface area contributed by atoms with E-state index in [4.69, 9.17) is 0 Å². The van der Waals surface area contributed by atoms with E-state index in [1.54, 1.807) is 0 Å². The lowest BCUT2D eigenvalue weighted by Crippen LogP contribution is -2.14. The van der Waals surface area contributed by atoms with Crippen LogP contribution in [0.5, 0.6) is 0 Å². The number of thiazole rings is 1. The quantitative estimate of drug-likeness (QED) is 0.700. The van der Waals surface area contributed by atoms with E-state index in [-0.39, 0.29) is 5.91 Å². The topological polar surface area (TPSA) is 42.0 Å². The minimum Gasteiger partial charge on any atom is -0.302 e. The van der Waals surface area contributed by atoms with Gasteiger partial charge in [0.1, 0.15) is 0 Å². The molecule has 128 valence electrons. The third-order valence-electron chi connectivity index (χ3n) is 4.49. The Morgan fingerprint density at radius 1 is 0.960 bits per heavy atom. The molecule has 0 bridgehead atoms. The number of amides is 1. The van der Waals surface area contributed by atoms with Gasteiger partial charge in [-0.1, -0.05) is 30.3 Å². The Morgan fingerprint density at radius 2 is 1.64 bits per heavy atom. The maximum atomic E-state index is 12.3. The van der Waals surface area contributed by atoms with Gasteiger partial charge in [0, 0.05) is 10.9 Å². The average molecular weight is 350 g/mol. The van der Waals surface area contributed by atoms with Crippen molar-refractivity contribution in [3.8, 4) is 11.3 Å². The molecule has 1 aromatic heterocycles. The summed E-state index contributed by atoms with van der Waals surface area (Å²) in [6.07, 6.45) is 0.361. The average Bonchev–Trinajstić information content (AvgIpc) is 3.02. The van der Waals surface area contributed by atoms with Crippen LogP contribution in [0.3, 0.4) is 0 Å². The number of anilines is 1. The second-order valence-corrected chi connectivity index (χ2v) is 7.34. The zero-order valence-corrected chi connectivity index (χ0v) is 15.8. The van der Waals surface area contributed by atoms with Crippen LogP contribution in [-0.4, -0.2) is 10.9 Å². The van der Waals surface area contributed by atoms with E-state index in [9.17, 15) is 4.79 Å². The number of nitrogens with zero attached hydrogens (tertiary/aromatic N) is 1. The molecule has 3 aromatic rings. The normalized spacial score (nSPS) is 10.7.